The van der Waals surface area contributed by atoms with Gasteiger partial charge in [-0.3, -0.25) is 0 Å². The van der Waals surface area contributed by atoms with Crippen molar-refractivity contribution in [2.45, 2.75) is 13.0 Å². The number of rotatable bonds is 2. The minimum atomic E-state index is 0.110. The third kappa shape index (κ3) is 2.29. The van der Waals surface area contributed by atoms with E-state index in [9.17, 15) is 0 Å². The molecule has 2 aromatic heterocycles. The molecule has 0 spiro atoms. The van der Waals surface area contributed by atoms with Crippen molar-refractivity contribution in [1.82, 2.24) is 15.3 Å². The Morgan fingerprint density at radius 1 is 1.44 bits per heavy atom. The van der Waals surface area contributed by atoms with E-state index < -0.39 is 0 Å². The maximum atomic E-state index is 5.45. The fourth-order valence-corrected chi connectivity index (χ4v) is 2.93. The van der Waals surface area contributed by atoms with Gasteiger partial charge in [0.05, 0.1) is 29.8 Å². The number of hydrogen-bond donors (Lipinski definition) is 1. The lowest BCUT2D eigenvalue weighted by Gasteiger charge is -2.22. The quantitative estimate of drug-likeness (QED) is 0.900. The highest BCUT2D eigenvalue weighted by Gasteiger charge is 2.18. The van der Waals surface area contributed by atoms with E-state index in [1.807, 2.05) is 12.3 Å². The second kappa shape index (κ2) is 5.14. The highest BCUT2D eigenvalue weighted by atomic mass is 32.1. The Kier molecular flexibility index (Phi) is 3.36. The Labute approximate surface area is 110 Å². The summed E-state index contributed by atoms with van der Waals surface area (Å²) in [4.78, 5) is 10.2. The Balaban J connectivity index is 1.91. The Morgan fingerprint density at radius 2 is 2.39 bits per heavy atom. The van der Waals surface area contributed by atoms with Crippen LogP contribution in [-0.2, 0) is 4.74 Å². The van der Waals surface area contributed by atoms with E-state index in [1.54, 1.807) is 11.3 Å². The lowest BCUT2D eigenvalue weighted by atomic mass is 10.2. The normalized spacial score (nSPS) is 19.9. The zero-order valence-corrected chi connectivity index (χ0v) is 11.0. The topological polar surface area (TPSA) is 47.0 Å². The lowest BCUT2D eigenvalue weighted by Crippen LogP contribution is -2.35. The van der Waals surface area contributed by atoms with Crippen molar-refractivity contribution in [1.29, 1.82) is 0 Å². The monoisotopic (exact) mass is 261 g/mol. The molecule has 0 radical (unpaired) electrons. The molecule has 0 aliphatic carbocycles. The zero-order valence-electron chi connectivity index (χ0n) is 10.2. The summed E-state index contributed by atoms with van der Waals surface area (Å²) in [5.41, 5.74) is 2.26. The third-order valence-corrected chi connectivity index (χ3v) is 4.04. The first kappa shape index (κ1) is 11.8. The van der Waals surface area contributed by atoms with Crippen LogP contribution in [-0.4, -0.2) is 29.7 Å². The van der Waals surface area contributed by atoms with Crippen LogP contribution in [0.4, 0.5) is 0 Å². The second-order valence-electron chi connectivity index (χ2n) is 4.31. The van der Waals surface area contributed by atoms with Gasteiger partial charge in [-0.25, -0.2) is 9.97 Å². The van der Waals surface area contributed by atoms with Crippen LogP contribution in [0.15, 0.2) is 23.7 Å². The molecule has 1 fully saturated rings. The van der Waals surface area contributed by atoms with E-state index in [0.717, 1.165) is 24.7 Å². The maximum absolute atomic E-state index is 5.45. The molecule has 1 aliphatic rings. The molecule has 1 N–H and O–H groups in total. The van der Waals surface area contributed by atoms with Gasteiger partial charge in [0.15, 0.2) is 0 Å². The highest BCUT2D eigenvalue weighted by molar-refractivity contribution is 7.13. The first-order valence-corrected chi connectivity index (χ1v) is 6.91. The van der Waals surface area contributed by atoms with Crippen molar-refractivity contribution in [2.24, 2.45) is 0 Å². The van der Waals surface area contributed by atoms with E-state index in [0.29, 0.717) is 6.61 Å². The van der Waals surface area contributed by atoms with Gasteiger partial charge in [-0.2, -0.15) is 0 Å². The van der Waals surface area contributed by atoms with Crippen LogP contribution in [0, 0.1) is 6.92 Å². The van der Waals surface area contributed by atoms with Crippen molar-refractivity contribution in [2.75, 3.05) is 19.8 Å². The number of ether oxygens (including phenoxy) is 1. The van der Waals surface area contributed by atoms with E-state index in [4.69, 9.17) is 4.74 Å². The molecule has 1 unspecified atom stereocenters. The predicted octanol–water partition coefficient (Wildman–Crippen LogP) is 2.17. The van der Waals surface area contributed by atoms with Crippen molar-refractivity contribution in [3.63, 3.8) is 0 Å². The van der Waals surface area contributed by atoms with E-state index in [1.165, 1.54) is 10.4 Å². The van der Waals surface area contributed by atoms with Crippen molar-refractivity contribution < 1.29 is 4.74 Å². The van der Waals surface area contributed by atoms with E-state index in [-0.39, 0.29) is 6.04 Å². The van der Waals surface area contributed by atoms with Gasteiger partial charge in [-0.05, 0) is 30.0 Å². The molecule has 1 atom stereocenters. The van der Waals surface area contributed by atoms with Crippen LogP contribution >= 0.6 is 11.3 Å². The number of thiophene rings is 1. The average Bonchev–Trinajstić information content (AvgIpc) is 2.86. The summed E-state index contributed by atoms with van der Waals surface area (Å²) < 4.78 is 5.45. The standard InChI is InChI=1S/C13H15N3OS/c1-9-3-7-18-12(9)10-2-4-15-13(16-10)11-8-17-6-5-14-11/h2-4,7,11,14H,5-6,8H2,1H3. The summed E-state index contributed by atoms with van der Waals surface area (Å²) >= 11 is 1.72. The van der Waals surface area contributed by atoms with Crippen LogP contribution in [0.2, 0.25) is 0 Å². The molecule has 2 aromatic rings. The van der Waals surface area contributed by atoms with E-state index in [2.05, 4.69) is 33.7 Å². The number of nitrogens with zero attached hydrogens (tertiary/aromatic N) is 2. The highest BCUT2D eigenvalue weighted by Crippen LogP contribution is 2.27. The molecule has 18 heavy (non-hydrogen) atoms. The molecule has 0 bridgehead atoms. The average molecular weight is 261 g/mol. The van der Waals surface area contributed by atoms with Gasteiger partial charge < -0.3 is 10.1 Å². The largest absolute Gasteiger partial charge is 0.378 e. The molecule has 3 rings (SSSR count). The van der Waals surface area contributed by atoms with E-state index >= 15 is 0 Å². The molecule has 5 heteroatoms. The molecular weight excluding hydrogens is 246 g/mol. The van der Waals surface area contributed by atoms with Gasteiger partial charge in [-0.1, -0.05) is 0 Å². The van der Waals surface area contributed by atoms with Crippen LogP contribution in [0.1, 0.15) is 17.4 Å². The summed E-state index contributed by atoms with van der Waals surface area (Å²) in [6, 6.07) is 4.19. The number of hydrogen-bond acceptors (Lipinski definition) is 5. The predicted molar refractivity (Wildman–Crippen MR) is 71.6 cm³/mol. The van der Waals surface area contributed by atoms with Crippen molar-refractivity contribution in [3.8, 4) is 10.6 Å². The first-order chi connectivity index (χ1) is 8.84. The zero-order chi connectivity index (χ0) is 12.4. The molecule has 0 saturated carbocycles. The molecule has 1 aliphatic heterocycles. The van der Waals surface area contributed by atoms with Crippen LogP contribution in [0.25, 0.3) is 10.6 Å². The number of nitrogens with one attached hydrogen (secondary N) is 1. The van der Waals surface area contributed by atoms with Gasteiger partial charge in [0.25, 0.3) is 0 Å². The summed E-state index contributed by atoms with van der Waals surface area (Å²) in [6.45, 7) is 4.37. The lowest BCUT2D eigenvalue weighted by molar-refractivity contribution is 0.0742. The fourth-order valence-electron chi connectivity index (χ4n) is 2.03. The van der Waals surface area contributed by atoms with Crippen LogP contribution in [0.5, 0.6) is 0 Å². The Bertz CT molecular complexity index is 535. The van der Waals surface area contributed by atoms with Gasteiger partial charge in [0, 0.05) is 12.7 Å². The number of aromatic nitrogens is 2. The summed E-state index contributed by atoms with van der Waals surface area (Å²) in [5, 5.41) is 5.47. The molecular formula is C13H15N3OS. The molecule has 0 aromatic carbocycles. The summed E-state index contributed by atoms with van der Waals surface area (Å²) in [7, 11) is 0. The molecule has 1 saturated heterocycles. The Morgan fingerprint density at radius 3 is 3.11 bits per heavy atom. The van der Waals surface area contributed by atoms with Crippen LogP contribution in [0.3, 0.4) is 0 Å². The molecule has 0 amide bonds. The summed E-state index contributed by atoms with van der Waals surface area (Å²) in [5.74, 6) is 0.819. The fraction of sp³-hybridized carbons (Fsp3) is 0.385. The molecule has 3 heterocycles. The van der Waals surface area contributed by atoms with Crippen molar-refractivity contribution >= 4 is 11.3 Å². The second-order valence-corrected chi connectivity index (χ2v) is 5.23. The van der Waals surface area contributed by atoms with Crippen molar-refractivity contribution in [3.05, 3.63) is 35.1 Å². The Hall–Kier alpha value is -1.30. The number of morpholine rings is 1. The smallest absolute Gasteiger partial charge is 0.148 e. The van der Waals surface area contributed by atoms with Gasteiger partial charge in [-0.15, -0.1) is 11.3 Å². The van der Waals surface area contributed by atoms with Gasteiger partial charge in [0.2, 0.25) is 0 Å². The molecule has 4 nitrogen and oxygen atoms in total. The van der Waals surface area contributed by atoms with Gasteiger partial charge >= 0.3 is 0 Å². The first-order valence-electron chi connectivity index (χ1n) is 6.03. The van der Waals surface area contributed by atoms with Gasteiger partial charge in [0.1, 0.15) is 5.82 Å². The third-order valence-electron chi connectivity index (χ3n) is 3.00. The minimum Gasteiger partial charge on any atom is -0.378 e. The SMILES string of the molecule is Cc1ccsc1-c1ccnc(C2COCCN2)n1. The maximum Gasteiger partial charge on any atom is 0.148 e. The molecule has 94 valence electrons. The summed E-state index contributed by atoms with van der Waals surface area (Å²) in [6.07, 6.45) is 1.83. The van der Waals surface area contributed by atoms with Crippen LogP contribution < -0.4 is 5.32 Å². The minimum absolute atomic E-state index is 0.110. The number of aryl methyl sites for hydroxylation is 1.